The molecule has 0 aromatic rings. The lowest BCUT2D eigenvalue weighted by molar-refractivity contribution is -0.130. The lowest BCUT2D eigenvalue weighted by atomic mass is 9.83. The van der Waals surface area contributed by atoms with Gasteiger partial charge in [0.25, 0.3) is 0 Å². The molecule has 3 unspecified atom stereocenters. The maximum Gasteiger partial charge on any atom is 0.242 e. The first-order chi connectivity index (χ1) is 9.19. The van der Waals surface area contributed by atoms with E-state index in [-0.39, 0.29) is 29.3 Å². The Labute approximate surface area is 122 Å². The topological polar surface area (TPSA) is 84.2 Å². The molecule has 2 amide bonds. The molecule has 0 heterocycles. The summed E-state index contributed by atoms with van der Waals surface area (Å²) in [5.74, 6) is 0.0179. The van der Waals surface area contributed by atoms with Gasteiger partial charge in [0.15, 0.2) is 0 Å². The molecule has 0 aromatic carbocycles. The third-order valence-corrected chi connectivity index (χ3v) is 3.68. The van der Waals surface area contributed by atoms with Gasteiger partial charge in [0.2, 0.25) is 11.8 Å². The van der Waals surface area contributed by atoms with Gasteiger partial charge in [0, 0.05) is 18.0 Å². The summed E-state index contributed by atoms with van der Waals surface area (Å²) in [7, 11) is 0. The number of hydrogen-bond donors (Lipinski definition) is 3. The van der Waals surface area contributed by atoms with E-state index in [4.69, 9.17) is 5.73 Å². The fourth-order valence-corrected chi connectivity index (χ4v) is 2.57. The molecule has 1 saturated carbocycles. The second-order valence-electron chi connectivity index (χ2n) is 6.94. The van der Waals surface area contributed by atoms with E-state index in [9.17, 15) is 9.59 Å². The Morgan fingerprint density at radius 1 is 1.25 bits per heavy atom. The standard InChI is InChI=1S/C15H29N3O2/c1-10(14(20)18-15(2,3)4)17-13(19)9-11-7-5-6-8-12(11)16/h10-12H,5-9,16H2,1-4H3,(H,17,19)(H,18,20). The monoisotopic (exact) mass is 283 g/mol. The molecule has 0 saturated heterocycles. The van der Waals surface area contributed by atoms with E-state index in [1.807, 2.05) is 20.8 Å². The largest absolute Gasteiger partial charge is 0.350 e. The van der Waals surface area contributed by atoms with Gasteiger partial charge >= 0.3 is 0 Å². The third-order valence-electron chi connectivity index (χ3n) is 3.68. The minimum atomic E-state index is -0.512. The maximum absolute atomic E-state index is 12.0. The Morgan fingerprint density at radius 2 is 1.85 bits per heavy atom. The van der Waals surface area contributed by atoms with Gasteiger partial charge in [-0.1, -0.05) is 12.8 Å². The van der Waals surface area contributed by atoms with E-state index < -0.39 is 6.04 Å². The molecule has 4 N–H and O–H groups in total. The van der Waals surface area contributed by atoms with Crippen LogP contribution in [0, 0.1) is 5.92 Å². The van der Waals surface area contributed by atoms with Crippen LogP contribution in [0.5, 0.6) is 0 Å². The average Bonchev–Trinajstić information content (AvgIpc) is 2.29. The zero-order valence-electron chi connectivity index (χ0n) is 13.2. The number of rotatable bonds is 4. The zero-order valence-corrected chi connectivity index (χ0v) is 13.2. The van der Waals surface area contributed by atoms with E-state index in [1.165, 1.54) is 0 Å². The molecule has 1 aliphatic rings. The predicted octanol–water partition coefficient (Wildman–Crippen LogP) is 1.31. The van der Waals surface area contributed by atoms with Crippen LogP contribution in [0.3, 0.4) is 0 Å². The van der Waals surface area contributed by atoms with Crippen LogP contribution >= 0.6 is 0 Å². The molecule has 0 spiro atoms. The molecule has 1 aliphatic carbocycles. The summed E-state index contributed by atoms with van der Waals surface area (Å²) in [4.78, 5) is 23.9. The van der Waals surface area contributed by atoms with Crippen molar-refractivity contribution in [3.63, 3.8) is 0 Å². The first-order valence-electron chi connectivity index (χ1n) is 7.56. The molecule has 20 heavy (non-hydrogen) atoms. The molecule has 0 radical (unpaired) electrons. The minimum absolute atomic E-state index is 0.0797. The maximum atomic E-state index is 12.0. The van der Waals surface area contributed by atoms with E-state index in [2.05, 4.69) is 10.6 Å². The summed E-state index contributed by atoms with van der Waals surface area (Å²) in [6.45, 7) is 7.46. The molecule has 1 rings (SSSR count). The van der Waals surface area contributed by atoms with Gasteiger partial charge in [0.05, 0.1) is 0 Å². The van der Waals surface area contributed by atoms with Crippen LogP contribution in [0.4, 0.5) is 0 Å². The normalized spacial score (nSPS) is 24.9. The van der Waals surface area contributed by atoms with Gasteiger partial charge in [0.1, 0.15) is 6.04 Å². The summed E-state index contributed by atoms with van der Waals surface area (Å²) in [6, 6.07) is -0.394. The van der Waals surface area contributed by atoms with Crippen LogP contribution in [0.25, 0.3) is 0 Å². The van der Waals surface area contributed by atoms with Crippen molar-refractivity contribution in [2.75, 3.05) is 0 Å². The van der Waals surface area contributed by atoms with Crippen molar-refractivity contribution in [1.29, 1.82) is 0 Å². The fourth-order valence-electron chi connectivity index (χ4n) is 2.57. The van der Waals surface area contributed by atoms with Crippen LogP contribution in [-0.4, -0.2) is 29.4 Å². The van der Waals surface area contributed by atoms with Gasteiger partial charge in [-0.25, -0.2) is 0 Å². The Balaban J connectivity index is 2.39. The molecular weight excluding hydrogens is 254 g/mol. The van der Waals surface area contributed by atoms with Crippen molar-refractivity contribution in [1.82, 2.24) is 10.6 Å². The number of nitrogens with one attached hydrogen (secondary N) is 2. The molecular formula is C15H29N3O2. The average molecular weight is 283 g/mol. The summed E-state index contributed by atoms with van der Waals surface area (Å²) in [6.07, 6.45) is 4.73. The molecule has 0 aliphatic heterocycles. The molecule has 1 fully saturated rings. The van der Waals surface area contributed by atoms with E-state index in [0.29, 0.717) is 6.42 Å². The Kier molecular flexibility index (Phi) is 5.99. The molecule has 5 nitrogen and oxygen atoms in total. The highest BCUT2D eigenvalue weighted by Gasteiger charge is 2.26. The van der Waals surface area contributed by atoms with Gasteiger partial charge in [-0.2, -0.15) is 0 Å². The third kappa shape index (κ3) is 5.90. The van der Waals surface area contributed by atoms with Gasteiger partial charge in [-0.3, -0.25) is 9.59 Å². The second kappa shape index (κ2) is 7.07. The summed E-state index contributed by atoms with van der Waals surface area (Å²) < 4.78 is 0. The molecule has 116 valence electrons. The van der Waals surface area contributed by atoms with Crippen LogP contribution in [0.1, 0.15) is 59.8 Å². The van der Waals surface area contributed by atoms with E-state index in [1.54, 1.807) is 6.92 Å². The predicted molar refractivity (Wildman–Crippen MR) is 80.1 cm³/mol. The number of carbonyl (C=O) groups is 2. The first-order valence-corrected chi connectivity index (χ1v) is 7.56. The summed E-state index contributed by atoms with van der Waals surface area (Å²) >= 11 is 0. The Bertz CT molecular complexity index is 350. The van der Waals surface area contributed by atoms with E-state index >= 15 is 0 Å². The van der Waals surface area contributed by atoms with Crippen molar-refractivity contribution in [2.45, 2.75) is 77.4 Å². The van der Waals surface area contributed by atoms with Gasteiger partial charge in [-0.15, -0.1) is 0 Å². The summed E-state index contributed by atoms with van der Waals surface area (Å²) in [5, 5.41) is 5.62. The van der Waals surface area contributed by atoms with Crippen molar-refractivity contribution >= 4 is 11.8 Å². The number of carbonyl (C=O) groups excluding carboxylic acids is 2. The smallest absolute Gasteiger partial charge is 0.242 e. The zero-order chi connectivity index (χ0) is 15.3. The molecule has 0 bridgehead atoms. The highest BCUT2D eigenvalue weighted by Crippen LogP contribution is 2.25. The Morgan fingerprint density at radius 3 is 2.40 bits per heavy atom. The quantitative estimate of drug-likeness (QED) is 0.727. The Hall–Kier alpha value is -1.10. The van der Waals surface area contributed by atoms with Crippen molar-refractivity contribution < 1.29 is 9.59 Å². The van der Waals surface area contributed by atoms with Crippen LogP contribution in [0.2, 0.25) is 0 Å². The lowest BCUT2D eigenvalue weighted by Gasteiger charge is -2.28. The number of nitrogens with two attached hydrogens (primary N) is 1. The van der Waals surface area contributed by atoms with Crippen molar-refractivity contribution in [3.8, 4) is 0 Å². The van der Waals surface area contributed by atoms with Crippen LogP contribution in [0.15, 0.2) is 0 Å². The highest BCUT2D eigenvalue weighted by atomic mass is 16.2. The number of amides is 2. The van der Waals surface area contributed by atoms with Crippen LogP contribution < -0.4 is 16.4 Å². The molecule has 0 aromatic heterocycles. The van der Waals surface area contributed by atoms with Crippen molar-refractivity contribution in [2.24, 2.45) is 11.7 Å². The van der Waals surface area contributed by atoms with Gasteiger partial charge in [-0.05, 0) is 46.5 Å². The van der Waals surface area contributed by atoms with Crippen LogP contribution in [-0.2, 0) is 9.59 Å². The minimum Gasteiger partial charge on any atom is -0.350 e. The fraction of sp³-hybridized carbons (Fsp3) is 0.867. The SMILES string of the molecule is CC(NC(=O)CC1CCCCC1N)C(=O)NC(C)(C)C. The number of hydrogen-bond acceptors (Lipinski definition) is 3. The second-order valence-corrected chi connectivity index (χ2v) is 6.94. The summed E-state index contributed by atoms with van der Waals surface area (Å²) in [5.41, 5.74) is 5.75. The highest BCUT2D eigenvalue weighted by molar-refractivity contribution is 5.87. The molecule has 5 heteroatoms. The lowest BCUT2D eigenvalue weighted by Crippen LogP contribution is -2.51. The van der Waals surface area contributed by atoms with Crippen molar-refractivity contribution in [3.05, 3.63) is 0 Å². The van der Waals surface area contributed by atoms with Gasteiger partial charge < -0.3 is 16.4 Å². The molecule has 3 atom stereocenters. The first kappa shape index (κ1) is 17.0. The van der Waals surface area contributed by atoms with E-state index in [0.717, 1.165) is 25.7 Å².